The standard InChI is InChI=1S/C16H22N6O2/c1-8-12(9(2)18-13(8)10(3)23)15(24)22-6-4-11(5-7-22)14-19-16(17)21-20-14/h11,18H,4-7H2,1-3H3,(H3,17,19,20,21). The van der Waals surface area contributed by atoms with Crippen LogP contribution in [-0.2, 0) is 0 Å². The summed E-state index contributed by atoms with van der Waals surface area (Å²) in [6.45, 7) is 6.43. The quantitative estimate of drug-likeness (QED) is 0.737. The van der Waals surface area contributed by atoms with Gasteiger partial charge in [-0.15, -0.1) is 5.10 Å². The van der Waals surface area contributed by atoms with Gasteiger partial charge in [0.2, 0.25) is 5.95 Å². The topological polar surface area (TPSA) is 121 Å². The summed E-state index contributed by atoms with van der Waals surface area (Å²) in [6, 6.07) is 0. The number of nitrogens with zero attached hydrogens (tertiary/aromatic N) is 3. The first-order valence-electron chi connectivity index (χ1n) is 8.05. The van der Waals surface area contributed by atoms with Crippen molar-refractivity contribution >= 4 is 17.6 Å². The number of aromatic nitrogens is 4. The number of piperidine rings is 1. The highest BCUT2D eigenvalue weighted by Crippen LogP contribution is 2.28. The summed E-state index contributed by atoms with van der Waals surface area (Å²) < 4.78 is 0. The molecule has 0 aliphatic carbocycles. The van der Waals surface area contributed by atoms with E-state index in [0.717, 1.165) is 29.9 Å². The predicted molar refractivity (Wildman–Crippen MR) is 88.9 cm³/mol. The van der Waals surface area contributed by atoms with Crippen LogP contribution in [0, 0.1) is 13.8 Å². The van der Waals surface area contributed by atoms with Gasteiger partial charge in [0.1, 0.15) is 5.82 Å². The Morgan fingerprint density at radius 1 is 1.25 bits per heavy atom. The normalized spacial score (nSPS) is 15.7. The number of ketones is 1. The molecule has 0 aromatic carbocycles. The number of aromatic amines is 2. The van der Waals surface area contributed by atoms with Crippen molar-refractivity contribution < 1.29 is 9.59 Å². The smallest absolute Gasteiger partial charge is 0.255 e. The number of Topliss-reactive ketones (excluding diaryl/α,β-unsaturated/α-hetero) is 1. The molecule has 0 radical (unpaired) electrons. The summed E-state index contributed by atoms with van der Waals surface area (Å²) >= 11 is 0. The van der Waals surface area contributed by atoms with Crippen molar-refractivity contribution in [3.05, 3.63) is 28.3 Å². The average Bonchev–Trinajstić information content (AvgIpc) is 3.10. The van der Waals surface area contributed by atoms with Gasteiger partial charge < -0.3 is 15.6 Å². The maximum Gasteiger partial charge on any atom is 0.255 e. The van der Waals surface area contributed by atoms with Crippen LogP contribution in [-0.4, -0.2) is 49.8 Å². The summed E-state index contributed by atoms with van der Waals surface area (Å²) in [4.78, 5) is 33.6. The van der Waals surface area contributed by atoms with Gasteiger partial charge >= 0.3 is 0 Å². The highest BCUT2D eigenvalue weighted by atomic mass is 16.2. The second-order valence-electron chi connectivity index (χ2n) is 6.33. The second-order valence-corrected chi connectivity index (χ2v) is 6.33. The maximum atomic E-state index is 12.9. The fraction of sp³-hybridized carbons (Fsp3) is 0.500. The molecule has 1 amide bonds. The zero-order chi connectivity index (χ0) is 17.4. The minimum Gasteiger partial charge on any atom is -0.367 e. The van der Waals surface area contributed by atoms with Crippen molar-refractivity contribution in [3.8, 4) is 0 Å². The molecule has 1 fully saturated rings. The van der Waals surface area contributed by atoms with Crippen molar-refractivity contribution in [2.24, 2.45) is 0 Å². The van der Waals surface area contributed by atoms with E-state index in [-0.39, 0.29) is 23.6 Å². The van der Waals surface area contributed by atoms with Gasteiger partial charge in [-0.1, -0.05) is 0 Å². The van der Waals surface area contributed by atoms with E-state index in [4.69, 9.17) is 5.73 Å². The molecule has 0 atom stereocenters. The number of aryl methyl sites for hydroxylation is 1. The van der Waals surface area contributed by atoms with E-state index in [2.05, 4.69) is 20.2 Å². The fourth-order valence-electron chi connectivity index (χ4n) is 3.41. The van der Waals surface area contributed by atoms with E-state index >= 15 is 0 Å². The first kappa shape index (κ1) is 16.2. The van der Waals surface area contributed by atoms with Crippen molar-refractivity contribution in [2.75, 3.05) is 18.8 Å². The molecule has 0 bridgehead atoms. The lowest BCUT2D eigenvalue weighted by Crippen LogP contribution is -2.38. The Kier molecular flexibility index (Phi) is 4.13. The van der Waals surface area contributed by atoms with E-state index in [1.807, 2.05) is 18.7 Å². The Balaban J connectivity index is 1.73. The first-order chi connectivity index (χ1) is 11.4. The molecule has 3 heterocycles. The molecule has 8 heteroatoms. The number of likely N-dealkylation sites (tertiary alicyclic amines) is 1. The highest BCUT2D eigenvalue weighted by Gasteiger charge is 2.29. The van der Waals surface area contributed by atoms with Crippen LogP contribution in [0.1, 0.15) is 63.6 Å². The van der Waals surface area contributed by atoms with E-state index in [1.54, 1.807) is 0 Å². The number of carbonyl (C=O) groups is 2. The van der Waals surface area contributed by atoms with E-state index in [1.165, 1.54) is 6.92 Å². The van der Waals surface area contributed by atoms with Crippen molar-refractivity contribution in [3.63, 3.8) is 0 Å². The minimum absolute atomic E-state index is 0.0238. The van der Waals surface area contributed by atoms with Gasteiger partial charge in [0, 0.05) is 31.6 Å². The first-order valence-corrected chi connectivity index (χ1v) is 8.05. The van der Waals surface area contributed by atoms with Gasteiger partial charge in [-0.3, -0.25) is 14.7 Å². The molecule has 1 aliphatic heterocycles. The third kappa shape index (κ3) is 2.79. The number of hydrogen-bond acceptors (Lipinski definition) is 5. The van der Waals surface area contributed by atoms with Crippen molar-refractivity contribution in [1.82, 2.24) is 25.1 Å². The Morgan fingerprint density at radius 3 is 2.42 bits per heavy atom. The number of nitrogens with two attached hydrogens (primary N) is 1. The molecule has 1 saturated heterocycles. The summed E-state index contributed by atoms with van der Waals surface area (Å²) in [6.07, 6.45) is 1.62. The third-order valence-corrected chi connectivity index (χ3v) is 4.69. The molecule has 0 saturated carbocycles. The van der Waals surface area contributed by atoms with E-state index in [0.29, 0.717) is 24.3 Å². The molecule has 1 aliphatic rings. The van der Waals surface area contributed by atoms with Gasteiger partial charge in [0.25, 0.3) is 5.91 Å². The number of H-pyrrole nitrogens is 2. The number of carbonyl (C=O) groups excluding carboxylic acids is 2. The number of hydrogen-bond donors (Lipinski definition) is 3. The largest absolute Gasteiger partial charge is 0.367 e. The summed E-state index contributed by atoms with van der Waals surface area (Å²) in [5.41, 5.74) is 8.15. The predicted octanol–water partition coefficient (Wildman–Crippen LogP) is 1.55. The average molecular weight is 330 g/mol. The molecule has 8 nitrogen and oxygen atoms in total. The van der Waals surface area contributed by atoms with E-state index in [9.17, 15) is 9.59 Å². The molecule has 24 heavy (non-hydrogen) atoms. The SMILES string of the molecule is CC(=O)c1[nH]c(C)c(C(=O)N2CCC(c3nc(N)n[nH]3)CC2)c1C. The lowest BCUT2D eigenvalue weighted by Gasteiger charge is -2.31. The molecule has 2 aromatic heterocycles. The van der Waals surface area contributed by atoms with Crippen LogP contribution in [0.4, 0.5) is 5.95 Å². The third-order valence-electron chi connectivity index (χ3n) is 4.69. The lowest BCUT2D eigenvalue weighted by atomic mass is 9.95. The number of nitrogens with one attached hydrogen (secondary N) is 2. The van der Waals surface area contributed by atoms with Crippen LogP contribution in [0.25, 0.3) is 0 Å². The zero-order valence-electron chi connectivity index (χ0n) is 14.1. The van der Waals surface area contributed by atoms with Gasteiger partial charge in [-0.25, -0.2) is 0 Å². The molecule has 0 unspecified atom stereocenters. The number of amides is 1. The molecule has 3 rings (SSSR count). The van der Waals surface area contributed by atoms with Gasteiger partial charge in [-0.05, 0) is 32.3 Å². The van der Waals surface area contributed by atoms with Crippen LogP contribution in [0.3, 0.4) is 0 Å². The number of rotatable bonds is 3. The van der Waals surface area contributed by atoms with Gasteiger partial charge in [-0.2, -0.15) is 4.98 Å². The summed E-state index contributed by atoms with van der Waals surface area (Å²) in [7, 11) is 0. The Bertz CT molecular complexity index is 783. The van der Waals surface area contributed by atoms with Gasteiger partial charge in [0.15, 0.2) is 5.78 Å². The van der Waals surface area contributed by atoms with Crippen LogP contribution < -0.4 is 5.73 Å². The van der Waals surface area contributed by atoms with E-state index < -0.39 is 0 Å². The molecule has 0 spiro atoms. The molecular weight excluding hydrogens is 308 g/mol. The number of nitrogen functional groups attached to an aromatic ring is 1. The van der Waals surface area contributed by atoms with Crippen LogP contribution >= 0.6 is 0 Å². The number of anilines is 1. The van der Waals surface area contributed by atoms with Crippen LogP contribution in [0.2, 0.25) is 0 Å². The Morgan fingerprint density at radius 2 is 1.92 bits per heavy atom. The van der Waals surface area contributed by atoms with Crippen molar-refractivity contribution in [2.45, 2.75) is 39.5 Å². The molecular formula is C16H22N6O2. The fourth-order valence-corrected chi connectivity index (χ4v) is 3.41. The maximum absolute atomic E-state index is 12.9. The molecule has 2 aromatic rings. The minimum atomic E-state index is -0.0590. The second kappa shape index (κ2) is 6.10. The Hall–Kier alpha value is -2.64. The highest BCUT2D eigenvalue weighted by molar-refractivity contribution is 6.02. The summed E-state index contributed by atoms with van der Waals surface area (Å²) in [5, 5.41) is 6.71. The van der Waals surface area contributed by atoms with Crippen LogP contribution in [0.5, 0.6) is 0 Å². The molecule has 4 N–H and O–H groups in total. The lowest BCUT2D eigenvalue weighted by molar-refractivity contribution is 0.0710. The zero-order valence-corrected chi connectivity index (χ0v) is 14.1. The van der Waals surface area contributed by atoms with Crippen molar-refractivity contribution in [1.29, 1.82) is 0 Å². The Labute approximate surface area is 139 Å². The summed E-state index contributed by atoms with van der Waals surface area (Å²) in [5.74, 6) is 1.19. The monoisotopic (exact) mass is 330 g/mol. The molecule has 128 valence electrons. The van der Waals surface area contributed by atoms with Crippen LogP contribution in [0.15, 0.2) is 0 Å². The van der Waals surface area contributed by atoms with Gasteiger partial charge in [0.05, 0.1) is 11.3 Å².